The Morgan fingerprint density at radius 2 is 1.50 bits per heavy atom. The van der Waals surface area contributed by atoms with E-state index in [1.807, 2.05) is 36.4 Å². The SMILES string of the molecule is Cc1cc(=O)oc2cc(NC(=O)[C@H](CCCN=C(N)N)NC(=O)[C@H](C)NC(=O)[C@H](Cc3ccccc3)NC(=O)OCc3ccccc3)ccc12. The Balaban J connectivity index is 1.43. The maximum atomic E-state index is 13.5. The van der Waals surface area contributed by atoms with Gasteiger partial charge in [-0.15, -0.1) is 0 Å². The number of aryl methyl sites for hydroxylation is 1. The highest BCUT2D eigenvalue weighted by Crippen LogP contribution is 2.21. The molecule has 4 aromatic rings. The molecular weight excluding hydrogens is 642 g/mol. The number of anilines is 1. The van der Waals surface area contributed by atoms with E-state index >= 15 is 0 Å². The minimum atomic E-state index is -1.10. The number of carbonyl (C=O) groups is 4. The van der Waals surface area contributed by atoms with Crippen LogP contribution in [0, 0.1) is 6.92 Å². The van der Waals surface area contributed by atoms with Crippen molar-refractivity contribution in [1.29, 1.82) is 0 Å². The van der Waals surface area contributed by atoms with Crippen molar-refractivity contribution >= 4 is 46.4 Å². The first-order chi connectivity index (χ1) is 24.0. The Bertz CT molecular complexity index is 1880. The van der Waals surface area contributed by atoms with Crippen molar-refractivity contribution in [3.05, 3.63) is 112 Å². The van der Waals surface area contributed by atoms with Gasteiger partial charge >= 0.3 is 11.7 Å². The van der Waals surface area contributed by atoms with Gasteiger partial charge < -0.3 is 41.9 Å². The molecule has 0 unspecified atom stereocenters. The van der Waals surface area contributed by atoms with E-state index in [-0.39, 0.29) is 32.0 Å². The average Bonchev–Trinajstić information content (AvgIpc) is 3.08. The summed E-state index contributed by atoms with van der Waals surface area (Å²) in [6, 6.07) is 21.2. The second-order valence-electron chi connectivity index (χ2n) is 11.6. The summed E-state index contributed by atoms with van der Waals surface area (Å²) in [6.07, 6.45) is -0.176. The number of nitrogens with zero attached hydrogens (tertiary/aromatic N) is 1. The smallest absolute Gasteiger partial charge is 0.408 e. The summed E-state index contributed by atoms with van der Waals surface area (Å²) >= 11 is 0. The maximum absolute atomic E-state index is 13.5. The molecule has 8 N–H and O–H groups in total. The fourth-order valence-electron chi connectivity index (χ4n) is 5.05. The number of carbonyl (C=O) groups excluding carboxylic acids is 4. The zero-order valence-corrected chi connectivity index (χ0v) is 27.8. The highest BCUT2D eigenvalue weighted by atomic mass is 16.5. The predicted molar refractivity (Wildman–Crippen MR) is 189 cm³/mol. The fraction of sp³-hybridized carbons (Fsp3) is 0.278. The molecule has 0 aliphatic heterocycles. The molecule has 3 aromatic carbocycles. The zero-order valence-electron chi connectivity index (χ0n) is 27.8. The number of benzene rings is 3. The van der Waals surface area contributed by atoms with Crippen LogP contribution in [0.3, 0.4) is 0 Å². The molecule has 1 aromatic heterocycles. The molecule has 0 saturated carbocycles. The van der Waals surface area contributed by atoms with Gasteiger partial charge in [-0.3, -0.25) is 19.4 Å². The second kappa shape index (κ2) is 17.8. The van der Waals surface area contributed by atoms with Crippen molar-refractivity contribution < 1.29 is 28.3 Å². The first kappa shape index (κ1) is 36.7. The Morgan fingerprint density at radius 1 is 0.820 bits per heavy atom. The van der Waals surface area contributed by atoms with E-state index in [1.54, 1.807) is 43.3 Å². The molecule has 0 aliphatic carbocycles. The van der Waals surface area contributed by atoms with Gasteiger partial charge in [-0.1, -0.05) is 60.7 Å². The molecule has 3 atom stereocenters. The molecule has 14 heteroatoms. The maximum Gasteiger partial charge on any atom is 0.408 e. The van der Waals surface area contributed by atoms with Crippen molar-refractivity contribution in [1.82, 2.24) is 16.0 Å². The van der Waals surface area contributed by atoms with Crippen LogP contribution in [0.25, 0.3) is 11.0 Å². The molecule has 0 spiro atoms. The Hall–Kier alpha value is -6.18. The van der Waals surface area contributed by atoms with Crippen LogP contribution in [0.15, 0.2) is 99.1 Å². The van der Waals surface area contributed by atoms with Crippen molar-refractivity contribution in [2.24, 2.45) is 16.5 Å². The monoisotopic (exact) mass is 683 g/mol. The van der Waals surface area contributed by atoms with Gasteiger partial charge in [0.1, 0.15) is 30.3 Å². The lowest BCUT2D eigenvalue weighted by molar-refractivity contribution is -0.131. The first-order valence-electron chi connectivity index (χ1n) is 16.0. The summed E-state index contributed by atoms with van der Waals surface area (Å²) in [6.45, 7) is 3.45. The van der Waals surface area contributed by atoms with Gasteiger partial charge in [0, 0.05) is 36.2 Å². The van der Waals surface area contributed by atoms with Gasteiger partial charge in [0.15, 0.2) is 5.96 Å². The lowest BCUT2D eigenvalue weighted by Gasteiger charge is -2.23. The third-order valence-corrected chi connectivity index (χ3v) is 7.65. The highest BCUT2D eigenvalue weighted by molar-refractivity contribution is 6.00. The molecule has 262 valence electrons. The van der Waals surface area contributed by atoms with Crippen molar-refractivity contribution in [2.75, 3.05) is 11.9 Å². The van der Waals surface area contributed by atoms with Crippen LogP contribution < -0.4 is 38.4 Å². The molecule has 0 fully saturated rings. The van der Waals surface area contributed by atoms with Crippen LogP contribution in [0.4, 0.5) is 10.5 Å². The number of amides is 4. The van der Waals surface area contributed by atoms with Crippen LogP contribution in [0.5, 0.6) is 0 Å². The molecule has 50 heavy (non-hydrogen) atoms. The van der Waals surface area contributed by atoms with E-state index in [0.29, 0.717) is 23.1 Å². The van der Waals surface area contributed by atoms with E-state index in [0.717, 1.165) is 16.7 Å². The quantitative estimate of drug-likeness (QED) is 0.0469. The highest BCUT2D eigenvalue weighted by Gasteiger charge is 2.28. The number of guanidine groups is 1. The summed E-state index contributed by atoms with van der Waals surface area (Å²) < 4.78 is 10.6. The van der Waals surface area contributed by atoms with Crippen molar-refractivity contribution in [3.63, 3.8) is 0 Å². The van der Waals surface area contributed by atoms with Crippen LogP contribution in [0.2, 0.25) is 0 Å². The number of aliphatic imine (C=N–C) groups is 1. The minimum Gasteiger partial charge on any atom is -0.445 e. The molecule has 1 heterocycles. The number of ether oxygens (including phenoxy) is 1. The average molecular weight is 684 g/mol. The summed E-state index contributed by atoms with van der Waals surface area (Å²) in [5.41, 5.74) is 13.2. The number of nitrogens with one attached hydrogen (secondary N) is 4. The summed E-state index contributed by atoms with van der Waals surface area (Å²) in [4.78, 5) is 68.8. The summed E-state index contributed by atoms with van der Waals surface area (Å²) in [5.74, 6) is -1.94. The van der Waals surface area contributed by atoms with E-state index in [4.69, 9.17) is 20.6 Å². The summed E-state index contributed by atoms with van der Waals surface area (Å²) in [5, 5.41) is 11.4. The van der Waals surface area contributed by atoms with Crippen LogP contribution >= 0.6 is 0 Å². The van der Waals surface area contributed by atoms with E-state index in [9.17, 15) is 24.0 Å². The van der Waals surface area contributed by atoms with Gasteiger partial charge in [-0.05, 0) is 55.5 Å². The van der Waals surface area contributed by atoms with Gasteiger partial charge in [0.2, 0.25) is 17.7 Å². The van der Waals surface area contributed by atoms with E-state index < -0.39 is 47.6 Å². The van der Waals surface area contributed by atoms with Gasteiger partial charge in [0.25, 0.3) is 0 Å². The molecule has 4 rings (SSSR count). The molecule has 4 amide bonds. The number of rotatable bonds is 15. The topological polar surface area (TPSA) is 220 Å². The molecule has 0 radical (unpaired) electrons. The molecule has 0 bridgehead atoms. The standard InChI is InChI=1S/C36H41N7O7/c1-22-18-31(44)50-30-20-26(15-16-27(22)30)41-33(46)28(14-9-17-39-35(37)38)42-32(45)23(2)40-34(47)29(19-24-10-5-3-6-11-24)43-36(48)49-21-25-12-7-4-8-13-25/h3-8,10-13,15-16,18,20,23,28-29H,9,14,17,19,21H2,1-2H3,(H,40,47)(H,41,46)(H,42,45)(H,43,48)(H4,37,38,39)/t23-,28-,29-/m0/s1. The zero-order chi connectivity index (χ0) is 36.0. The number of nitrogens with two attached hydrogens (primary N) is 2. The minimum absolute atomic E-state index is 0.00505. The molecule has 0 saturated heterocycles. The lowest BCUT2D eigenvalue weighted by atomic mass is 10.0. The normalized spacial score (nSPS) is 12.5. The second-order valence-corrected chi connectivity index (χ2v) is 11.6. The van der Waals surface area contributed by atoms with Gasteiger partial charge in [-0.25, -0.2) is 9.59 Å². The number of hydrogen-bond acceptors (Lipinski definition) is 8. The third kappa shape index (κ3) is 11.2. The Kier molecular flexibility index (Phi) is 13.1. The summed E-state index contributed by atoms with van der Waals surface area (Å²) in [7, 11) is 0. The third-order valence-electron chi connectivity index (χ3n) is 7.65. The van der Waals surface area contributed by atoms with Crippen molar-refractivity contribution in [2.45, 2.75) is 57.8 Å². The van der Waals surface area contributed by atoms with Crippen molar-refractivity contribution in [3.8, 4) is 0 Å². The molecule has 14 nitrogen and oxygen atoms in total. The van der Waals surface area contributed by atoms with Crippen LogP contribution in [-0.4, -0.2) is 54.4 Å². The van der Waals surface area contributed by atoms with Crippen LogP contribution in [0.1, 0.15) is 36.5 Å². The number of alkyl carbamates (subject to hydrolysis) is 1. The molecular formula is C36H41N7O7. The number of fused-ring (bicyclic) bond motifs is 1. The Labute approximate surface area is 288 Å². The Morgan fingerprint density at radius 3 is 2.18 bits per heavy atom. The largest absolute Gasteiger partial charge is 0.445 e. The van der Waals surface area contributed by atoms with Crippen LogP contribution in [-0.2, 0) is 32.1 Å². The van der Waals surface area contributed by atoms with Gasteiger partial charge in [-0.2, -0.15) is 0 Å². The van der Waals surface area contributed by atoms with Gasteiger partial charge in [0.05, 0.1) is 0 Å². The van der Waals surface area contributed by atoms with E-state index in [2.05, 4.69) is 26.3 Å². The fourth-order valence-corrected chi connectivity index (χ4v) is 5.05. The predicted octanol–water partition coefficient (Wildman–Crippen LogP) is 2.62. The molecule has 0 aliphatic rings. The van der Waals surface area contributed by atoms with E-state index in [1.165, 1.54) is 19.1 Å². The lowest BCUT2D eigenvalue weighted by Crippen LogP contribution is -2.55. The number of hydrogen-bond donors (Lipinski definition) is 6. The first-order valence-corrected chi connectivity index (χ1v) is 16.0.